The summed E-state index contributed by atoms with van der Waals surface area (Å²) in [6.45, 7) is 0. The molecule has 24 heavy (non-hydrogen) atoms. The third kappa shape index (κ3) is 5.22. The molecule has 2 rings (SSSR count). The summed E-state index contributed by atoms with van der Waals surface area (Å²) >= 11 is 0. The van der Waals surface area contributed by atoms with Gasteiger partial charge in [0.1, 0.15) is 0 Å². The molecule has 0 saturated heterocycles. The average molecular weight is 329 g/mol. The Bertz CT molecular complexity index is 669. The van der Waals surface area contributed by atoms with Gasteiger partial charge in [-0.05, 0) is 24.8 Å². The number of rotatable bonds is 6. The van der Waals surface area contributed by atoms with Crippen LogP contribution in [0, 0.1) is 0 Å². The highest BCUT2D eigenvalue weighted by Crippen LogP contribution is 2.26. The number of carbonyl (C=O) groups excluding carboxylic acids is 2. The van der Waals surface area contributed by atoms with Crippen LogP contribution in [-0.2, 0) is 9.59 Å². The minimum atomic E-state index is -0.185. The molecule has 1 aliphatic rings. The molecule has 2 amide bonds. The third-order valence-corrected chi connectivity index (χ3v) is 3.64. The maximum absolute atomic E-state index is 12.0. The summed E-state index contributed by atoms with van der Waals surface area (Å²) in [5.41, 5.74) is 1.73. The molecule has 0 saturated carbocycles. The summed E-state index contributed by atoms with van der Waals surface area (Å²) < 4.78 is 5.18. The monoisotopic (exact) mass is 329 g/mol. The zero-order chi connectivity index (χ0) is 17.4. The first-order chi connectivity index (χ1) is 11.6. The molecule has 0 aromatic carbocycles. The molecule has 1 N–H and O–H groups in total. The number of allylic oxidation sites excluding steroid dienone is 6. The first-order valence-corrected chi connectivity index (χ1v) is 8.04. The van der Waals surface area contributed by atoms with Crippen LogP contribution in [0.3, 0.4) is 0 Å². The van der Waals surface area contributed by atoms with Crippen molar-refractivity contribution in [3.63, 3.8) is 0 Å². The Balaban J connectivity index is 1.94. The van der Waals surface area contributed by atoms with E-state index in [4.69, 9.17) is 4.52 Å². The van der Waals surface area contributed by atoms with Gasteiger partial charge < -0.3 is 9.42 Å². The quantitative estimate of drug-likeness (QED) is 0.813. The SMILES string of the molecule is CN(C)C(=O)CCCC(=O)Nc1oncc1C1=C/C/C=C\C/C=C\1. The van der Waals surface area contributed by atoms with Crippen molar-refractivity contribution in [2.45, 2.75) is 32.1 Å². The van der Waals surface area contributed by atoms with E-state index in [1.54, 1.807) is 20.3 Å². The second-order valence-corrected chi connectivity index (χ2v) is 5.76. The van der Waals surface area contributed by atoms with E-state index < -0.39 is 0 Å². The third-order valence-electron chi connectivity index (χ3n) is 3.64. The van der Waals surface area contributed by atoms with E-state index in [0.717, 1.165) is 24.0 Å². The van der Waals surface area contributed by atoms with Gasteiger partial charge in [0.05, 0.1) is 11.8 Å². The molecule has 0 aliphatic heterocycles. The van der Waals surface area contributed by atoms with E-state index in [0.29, 0.717) is 18.7 Å². The molecule has 0 spiro atoms. The fraction of sp³-hybridized carbons (Fsp3) is 0.389. The molecule has 0 unspecified atom stereocenters. The predicted molar refractivity (Wildman–Crippen MR) is 93.2 cm³/mol. The highest BCUT2D eigenvalue weighted by molar-refractivity contribution is 5.93. The molecule has 0 fully saturated rings. The second-order valence-electron chi connectivity index (χ2n) is 5.76. The molecule has 6 heteroatoms. The lowest BCUT2D eigenvalue weighted by atomic mass is 10.0. The minimum absolute atomic E-state index is 0.0148. The number of nitrogens with zero attached hydrogens (tertiary/aromatic N) is 2. The van der Waals surface area contributed by atoms with Crippen LogP contribution in [0.2, 0.25) is 0 Å². The number of hydrogen-bond donors (Lipinski definition) is 1. The molecule has 1 aromatic heterocycles. The molecule has 1 aliphatic carbocycles. The Kier molecular flexibility index (Phi) is 6.54. The van der Waals surface area contributed by atoms with Crippen LogP contribution in [0.25, 0.3) is 5.57 Å². The first kappa shape index (κ1) is 17.7. The van der Waals surface area contributed by atoms with Crippen molar-refractivity contribution in [1.29, 1.82) is 0 Å². The van der Waals surface area contributed by atoms with Crippen LogP contribution in [-0.4, -0.2) is 36.0 Å². The van der Waals surface area contributed by atoms with Gasteiger partial charge in [-0.25, -0.2) is 0 Å². The fourth-order valence-corrected chi connectivity index (χ4v) is 2.28. The Morgan fingerprint density at radius 2 is 2.00 bits per heavy atom. The predicted octanol–water partition coefficient (Wildman–Crippen LogP) is 3.16. The van der Waals surface area contributed by atoms with Gasteiger partial charge in [0.15, 0.2) is 0 Å². The Hall–Kier alpha value is -2.63. The molecule has 0 bridgehead atoms. The van der Waals surface area contributed by atoms with E-state index in [1.165, 1.54) is 4.90 Å². The lowest BCUT2D eigenvalue weighted by Crippen LogP contribution is -2.21. The van der Waals surface area contributed by atoms with E-state index in [9.17, 15) is 9.59 Å². The Labute approximate surface area is 141 Å². The van der Waals surface area contributed by atoms with Gasteiger partial charge in [0, 0.05) is 26.9 Å². The smallest absolute Gasteiger partial charge is 0.239 e. The summed E-state index contributed by atoms with van der Waals surface area (Å²) in [4.78, 5) is 25.1. The maximum Gasteiger partial charge on any atom is 0.239 e. The molecule has 1 aromatic rings. The van der Waals surface area contributed by atoms with Gasteiger partial charge in [-0.15, -0.1) is 0 Å². The summed E-state index contributed by atoms with van der Waals surface area (Å²) in [5.74, 6) is 0.176. The van der Waals surface area contributed by atoms with E-state index in [1.807, 2.05) is 12.2 Å². The molecule has 128 valence electrons. The number of anilines is 1. The maximum atomic E-state index is 12.0. The van der Waals surface area contributed by atoms with Crippen LogP contribution in [0.1, 0.15) is 37.7 Å². The Morgan fingerprint density at radius 1 is 1.21 bits per heavy atom. The van der Waals surface area contributed by atoms with Gasteiger partial charge in [-0.2, -0.15) is 0 Å². The van der Waals surface area contributed by atoms with Gasteiger partial charge in [0.25, 0.3) is 0 Å². The number of amides is 2. The van der Waals surface area contributed by atoms with Crippen LogP contribution < -0.4 is 5.32 Å². The van der Waals surface area contributed by atoms with E-state index in [2.05, 4.69) is 28.7 Å². The summed E-state index contributed by atoms with van der Waals surface area (Å²) in [5, 5.41) is 6.53. The zero-order valence-corrected chi connectivity index (χ0v) is 14.1. The Morgan fingerprint density at radius 3 is 2.79 bits per heavy atom. The lowest BCUT2D eigenvalue weighted by Gasteiger charge is -2.09. The zero-order valence-electron chi connectivity index (χ0n) is 14.1. The van der Waals surface area contributed by atoms with Crippen molar-refractivity contribution in [2.75, 3.05) is 19.4 Å². The lowest BCUT2D eigenvalue weighted by molar-refractivity contribution is -0.128. The van der Waals surface area contributed by atoms with Crippen LogP contribution >= 0.6 is 0 Å². The van der Waals surface area contributed by atoms with Crippen molar-refractivity contribution in [3.05, 3.63) is 42.1 Å². The largest absolute Gasteiger partial charge is 0.349 e. The van der Waals surface area contributed by atoms with Crippen molar-refractivity contribution >= 4 is 23.3 Å². The molecule has 0 radical (unpaired) electrons. The summed E-state index contributed by atoms with van der Waals surface area (Å²) in [6, 6.07) is 0. The second kappa shape index (κ2) is 8.86. The molecule has 1 heterocycles. The summed E-state index contributed by atoms with van der Waals surface area (Å²) in [7, 11) is 3.41. The standard InChI is InChI=1S/C18H23N3O3/c1-21(2)17(23)12-8-11-16(22)20-18-15(13-19-24-18)14-9-6-4-3-5-7-10-14/h3-4,7,9-10,13H,5-6,8,11-12H2,1-2H3,(H,20,22)/b4-3-,10-7-,14-9+. The molecular formula is C18H23N3O3. The minimum Gasteiger partial charge on any atom is -0.349 e. The number of nitrogens with one attached hydrogen (secondary N) is 1. The number of hydrogen-bond acceptors (Lipinski definition) is 4. The van der Waals surface area contributed by atoms with Gasteiger partial charge >= 0.3 is 0 Å². The van der Waals surface area contributed by atoms with E-state index in [-0.39, 0.29) is 18.2 Å². The molecule has 6 nitrogen and oxygen atoms in total. The molecule has 0 atom stereocenters. The van der Waals surface area contributed by atoms with Gasteiger partial charge in [-0.3, -0.25) is 14.9 Å². The van der Waals surface area contributed by atoms with Crippen LogP contribution in [0.15, 0.2) is 41.1 Å². The van der Waals surface area contributed by atoms with Gasteiger partial charge in [-0.1, -0.05) is 35.5 Å². The summed E-state index contributed by atoms with van der Waals surface area (Å²) in [6.07, 6.45) is 14.7. The first-order valence-electron chi connectivity index (χ1n) is 8.04. The number of aromatic nitrogens is 1. The highest BCUT2D eigenvalue weighted by Gasteiger charge is 2.14. The van der Waals surface area contributed by atoms with Crippen molar-refractivity contribution in [3.8, 4) is 0 Å². The number of carbonyl (C=O) groups is 2. The van der Waals surface area contributed by atoms with Gasteiger partial charge in [0.2, 0.25) is 17.7 Å². The van der Waals surface area contributed by atoms with Crippen LogP contribution in [0.4, 0.5) is 5.88 Å². The van der Waals surface area contributed by atoms with Crippen molar-refractivity contribution < 1.29 is 14.1 Å². The van der Waals surface area contributed by atoms with Crippen molar-refractivity contribution in [1.82, 2.24) is 10.1 Å². The normalized spacial score (nSPS) is 18.7. The van der Waals surface area contributed by atoms with E-state index >= 15 is 0 Å². The fourth-order valence-electron chi connectivity index (χ4n) is 2.28. The average Bonchev–Trinajstić information content (AvgIpc) is 2.94. The molecular weight excluding hydrogens is 306 g/mol. The van der Waals surface area contributed by atoms with Crippen molar-refractivity contribution in [2.24, 2.45) is 0 Å². The highest BCUT2D eigenvalue weighted by atomic mass is 16.5. The van der Waals surface area contributed by atoms with Crippen LogP contribution in [0.5, 0.6) is 0 Å². The topological polar surface area (TPSA) is 75.4 Å².